The van der Waals surface area contributed by atoms with Crippen molar-refractivity contribution < 1.29 is 8.42 Å². The average Bonchev–Trinajstić information content (AvgIpc) is 2.56. The van der Waals surface area contributed by atoms with Crippen LogP contribution in [0.5, 0.6) is 0 Å². The van der Waals surface area contributed by atoms with E-state index in [1.54, 1.807) is 24.3 Å². The first-order valence-electron chi connectivity index (χ1n) is 7.43. The highest BCUT2D eigenvalue weighted by molar-refractivity contribution is 7.89. The molecule has 0 saturated heterocycles. The van der Waals surface area contributed by atoms with Crippen molar-refractivity contribution in [3.05, 3.63) is 60.2 Å². The van der Waals surface area contributed by atoms with Gasteiger partial charge in [-0.15, -0.1) is 0 Å². The summed E-state index contributed by atoms with van der Waals surface area (Å²) < 4.78 is 25.7. The lowest BCUT2D eigenvalue weighted by Crippen LogP contribution is -2.26. The van der Waals surface area contributed by atoms with E-state index >= 15 is 0 Å². The standard InChI is InChI=1S/C17H23N3O2S/c1-18-23(21,22)16-11-9-15(10-12-16)19-13-17(20(2)3)14-7-5-4-6-8-14/h4-12,17-19H,13H2,1-3H3. The number of benzene rings is 2. The summed E-state index contributed by atoms with van der Waals surface area (Å²) in [6, 6.07) is 17.3. The Bertz CT molecular complexity index is 713. The number of hydrogen-bond acceptors (Lipinski definition) is 4. The molecule has 6 heteroatoms. The Balaban J connectivity index is 2.07. The number of nitrogens with zero attached hydrogens (tertiary/aromatic N) is 1. The summed E-state index contributed by atoms with van der Waals surface area (Å²) in [4.78, 5) is 2.42. The first-order valence-corrected chi connectivity index (χ1v) is 8.91. The van der Waals surface area contributed by atoms with Gasteiger partial charge in [-0.1, -0.05) is 30.3 Å². The molecule has 0 amide bonds. The Kier molecular flexibility index (Phi) is 5.76. The molecule has 2 aromatic carbocycles. The van der Waals surface area contributed by atoms with Crippen LogP contribution in [0.2, 0.25) is 0 Å². The van der Waals surface area contributed by atoms with E-state index in [1.807, 2.05) is 32.3 Å². The zero-order chi connectivity index (χ0) is 16.9. The highest BCUT2D eigenvalue weighted by Crippen LogP contribution is 2.20. The van der Waals surface area contributed by atoms with Gasteiger partial charge >= 0.3 is 0 Å². The van der Waals surface area contributed by atoms with E-state index in [4.69, 9.17) is 0 Å². The van der Waals surface area contributed by atoms with Crippen LogP contribution in [0.25, 0.3) is 0 Å². The van der Waals surface area contributed by atoms with Gasteiger partial charge in [0, 0.05) is 12.2 Å². The van der Waals surface area contributed by atoms with Crippen molar-refractivity contribution in [3.63, 3.8) is 0 Å². The fraction of sp³-hybridized carbons (Fsp3) is 0.294. The van der Waals surface area contributed by atoms with E-state index in [1.165, 1.54) is 12.6 Å². The highest BCUT2D eigenvalue weighted by Gasteiger charge is 2.14. The van der Waals surface area contributed by atoms with Crippen molar-refractivity contribution in [1.29, 1.82) is 0 Å². The van der Waals surface area contributed by atoms with Crippen molar-refractivity contribution in [2.24, 2.45) is 0 Å². The molecule has 0 aromatic heterocycles. The van der Waals surface area contributed by atoms with Gasteiger partial charge in [0.2, 0.25) is 10.0 Å². The molecule has 0 spiro atoms. The van der Waals surface area contributed by atoms with Crippen molar-refractivity contribution in [2.75, 3.05) is 33.0 Å². The van der Waals surface area contributed by atoms with Gasteiger partial charge in [-0.25, -0.2) is 13.1 Å². The topological polar surface area (TPSA) is 61.4 Å². The van der Waals surface area contributed by atoms with Gasteiger partial charge < -0.3 is 10.2 Å². The van der Waals surface area contributed by atoms with Crippen LogP contribution in [0.15, 0.2) is 59.5 Å². The molecule has 1 unspecified atom stereocenters. The molecule has 0 heterocycles. The molecule has 0 aliphatic heterocycles. The van der Waals surface area contributed by atoms with Gasteiger partial charge in [0.25, 0.3) is 0 Å². The lowest BCUT2D eigenvalue weighted by Gasteiger charge is -2.25. The second-order valence-electron chi connectivity index (χ2n) is 5.50. The lowest BCUT2D eigenvalue weighted by atomic mass is 10.1. The van der Waals surface area contributed by atoms with Gasteiger partial charge in [-0.2, -0.15) is 0 Å². The molecule has 2 aromatic rings. The summed E-state index contributed by atoms with van der Waals surface area (Å²) in [7, 11) is 2.10. The van der Waals surface area contributed by atoms with Gasteiger partial charge in [-0.05, 0) is 51.0 Å². The molecular weight excluding hydrogens is 310 g/mol. The molecule has 124 valence electrons. The van der Waals surface area contributed by atoms with E-state index in [0.29, 0.717) is 0 Å². The Labute approximate surface area is 138 Å². The summed E-state index contributed by atoms with van der Waals surface area (Å²) >= 11 is 0. The Morgan fingerprint density at radius 1 is 1.00 bits per heavy atom. The van der Waals surface area contributed by atoms with Crippen LogP contribution in [0.4, 0.5) is 5.69 Å². The number of nitrogens with one attached hydrogen (secondary N) is 2. The molecule has 2 rings (SSSR count). The van der Waals surface area contributed by atoms with Gasteiger partial charge in [0.1, 0.15) is 0 Å². The van der Waals surface area contributed by atoms with Crippen LogP contribution < -0.4 is 10.0 Å². The molecule has 1 atom stereocenters. The number of hydrogen-bond donors (Lipinski definition) is 2. The van der Waals surface area contributed by atoms with Crippen LogP contribution in [0.1, 0.15) is 11.6 Å². The minimum Gasteiger partial charge on any atom is -0.383 e. The maximum Gasteiger partial charge on any atom is 0.240 e. The predicted octanol–water partition coefficient (Wildman–Crippen LogP) is 2.31. The van der Waals surface area contributed by atoms with Crippen molar-refractivity contribution in [2.45, 2.75) is 10.9 Å². The minimum atomic E-state index is -3.39. The van der Waals surface area contributed by atoms with E-state index in [9.17, 15) is 8.42 Å². The normalized spacial score (nSPS) is 13.0. The number of anilines is 1. The average molecular weight is 333 g/mol. The Morgan fingerprint density at radius 2 is 1.61 bits per heavy atom. The summed E-state index contributed by atoms with van der Waals surface area (Å²) in [6.07, 6.45) is 0. The van der Waals surface area contributed by atoms with Crippen molar-refractivity contribution >= 4 is 15.7 Å². The summed E-state index contributed by atoms with van der Waals surface area (Å²) in [5.74, 6) is 0. The Morgan fingerprint density at radius 3 is 2.13 bits per heavy atom. The molecule has 0 saturated carbocycles. The van der Waals surface area contributed by atoms with Crippen molar-refractivity contribution in [3.8, 4) is 0 Å². The molecular formula is C17H23N3O2S. The van der Waals surface area contributed by atoms with Crippen LogP contribution in [-0.2, 0) is 10.0 Å². The molecule has 23 heavy (non-hydrogen) atoms. The maximum absolute atomic E-state index is 11.7. The Hall–Kier alpha value is -1.89. The van der Waals surface area contributed by atoms with Gasteiger partial charge in [0.15, 0.2) is 0 Å². The highest BCUT2D eigenvalue weighted by atomic mass is 32.2. The van der Waals surface area contributed by atoms with E-state index in [-0.39, 0.29) is 10.9 Å². The minimum absolute atomic E-state index is 0.233. The third-order valence-corrected chi connectivity index (χ3v) is 5.17. The smallest absolute Gasteiger partial charge is 0.240 e. The first kappa shape index (κ1) is 17.5. The molecule has 0 radical (unpaired) electrons. The largest absolute Gasteiger partial charge is 0.383 e. The molecule has 0 fully saturated rings. The van der Waals surface area contributed by atoms with E-state index in [0.717, 1.165) is 12.2 Å². The SMILES string of the molecule is CNS(=O)(=O)c1ccc(NCC(c2ccccc2)N(C)C)cc1. The van der Waals surface area contributed by atoms with E-state index in [2.05, 4.69) is 27.1 Å². The van der Waals surface area contributed by atoms with Crippen molar-refractivity contribution in [1.82, 2.24) is 9.62 Å². The zero-order valence-electron chi connectivity index (χ0n) is 13.7. The predicted molar refractivity (Wildman–Crippen MR) is 94.0 cm³/mol. The third kappa shape index (κ3) is 4.54. The zero-order valence-corrected chi connectivity index (χ0v) is 14.5. The monoisotopic (exact) mass is 333 g/mol. The van der Waals surface area contributed by atoms with Crippen LogP contribution in [0, 0.1) is 0 Å². The number of rotatable bonds is 7. The van der Waals surface area contributed by atoms with Crippen LogP contribution in [-0.4, -0.2) is 41.0 Å². The molecule has 0 aliphatic rings. The molecule has 0 bridgehead atoms. The van der Waals surface area contributed by atoms with Crippen LogP contribution >= 0.6 is 0 Å². The lowest BCUT2D eigenvalue weighted by molar-refractivity contribution is 0.312. The second kappa shape index (κ2) is 7.59. The second-order valence-corrected chi connectivity index (χ2v) is 7.39. The van der Waals surface area contributed by atoms with E-state index < -0.39 is 10.0 Å². The fourth-order valence-corrected chi connectivity index (χ4v) is 3.09. The summed E-state index contributed by atoms with van der Waals surface area (Å²) in [6.45, 7) is 0.731. The summed E-state index contributed by atoms with van der Waals surface area (Å²) in [5.41, 5.74) is 2.13. The molecule has 2 N–H and O–H groups in total. The number of likely N-dealkylation sites (N-methyl/N-ethyl adjacent to an activating group) is 1. The van der Waals surface area contributed by atoms with Gasteiger partial charge in [-0.3, -0.25) is 0 Å². The molecule has 0 aliphatic carbocycles. The van der Waals surface area contributed by atoms with Gasteiger partial charge in [0.05, 0.1) is 10.9 Å². The third-order valence-electron chi connectivity index (χ3n) is 3.74. The summed E-state index contributed by atoms with van der Waals surface area (Å²) in [5, 5.41) is 3.36. The quantitative estimate of drug-likeness (QED) is 0.816. The molecule has 5 nitrogen and oxygen atoms in total. The first-order chi connectivity index (χ1) is 10.9. The maximum atomic E-state index is 11.7. The van der Waals surface area contributed by atoms with Crippen LogP contribution in [0.3, 0.4) is 0 Å². The number of sulfonamides is 1. The fourth-order valence-electron chi connectivity index (χ4n) is 2.36.